The fourth-order valence-electron chi connectivity index (χ4n) is 7.05. The van der Waals surface area contributed by atoms with E-state index in [0.717, 1.165) is 5.57 Å². The number of ketones is 1. The lowest BCUT2D eigenvalue weighted by atomic mass is 9.45. The van der Waals surface area contributed by atoms with Crippen LogP contribution in [0.25, 0.3) is 0 Å². The minimum atomic E-state index is -1.98. The van der Waals surface area contributed by atoms with Gasteiger partial charge in [-0.15, -0.1) is 0 Å². The minimum Gasteiger partial charge on any atom is -0.507 e. The minimum absolute atomic E-state index is 0.0891. The molecule has 3 fully saturated rings. The summed E-state index contributed by atoms with van der Waals surface area (Å²) in [7, 11) is 0. The zero-order valence-electron chi connectivity index (χ0n) is 16.5. The smallest absolute Gasteiger partial charge is 0.211 e. The van der Waals surface area contributed by atoms with Crippen LogP contribution in [0.2, 0.25) is 0 Å². The van der Waals surface area contributed by atoms with Crippen molar-refractivity contribution >= 4 is 5.78 Å². The zero-order valence-corrected chi connectivity index (χ0v) is 16.5. The molecule has 4 aliphatic rings. The Morgan fingerprint density at radius 1 is 1.29 bits per heavy atom. The molecule has 6 heteroatoms. The van der Waals surface area contributed by atoms with Gasteiger partial charge < -0.3 is 20.4 Å². The normalized spacial score (nSPS) is 49.4. The van der Waals surface area contributed by atoms with Gasteiger partial charge in [0, 0.05) is 11.3 Å². The fraction of sp³-hybridized carbons (Fsp3) is 0.682. The molecule has 0 saturated heterocycles. The Morgan fingerprint density at radius 3 is 2.61 bits per heavy atom. The Kier molecular flexibility index (Phi) is 4.24. The van der Waals surface area contributed by atoms with Crippen molar-refractivity contribution in [3.63, 3.8) is 0 Å². The quantitative estimate of drug-likeness (QED) is 0.406. The second kappa shape index (κ2) is 6.00. The molecule has 0 spiro atoms. The summed E-state index contributed by atoms with van der Waals surface area (Å²) in [6.45, 7) is 5.56. The van der Waals surface area contributed by atoms with Gasteiger partial charge in [0.15, 0.2) is 11.5 Å². The van der Waals surface area contributed by atoms with Gasteiger partial charge in [0.05, 0.1) is 6.10 Å². The van der Waals surface area contributed by atoms with Gasteiger partial charge in [-0.2, -0.15) is 0 Å². The van der Waals surface area contributed by atoms with Crippen LogP contribution in [0, 0.1) is 28.6 Å². The summed E-state index contributed by atoms with van der Waals surface area (Å²) in [5, 5.41) is 40.6. The van der Waals surface area contributed by atoms with Crippen molar-refractivity contribution in [2.24, 2.45) is 28.6 Å². The van der Waals surface area contributed by atoms with Gasteiger partial charge in [-0.25, -0.2) is 4.39 Å². The molecule has 0 unspecified atom stereocenters. The molecule has 4 rings (SSSR count). The zero-order chi connectivity index (χ0) is 20.6. The van der Waals surface area contributed by atoms with Crippen LogP contribution in [0.1, 0.15) is 46.5 Å². The number of carbonyl (C=O) groups excluding carboxylic acids is 1. The third kappa shape index (κ3) is 2.25. The van der Waals surface area contributed by atoms with Gasteiger partial charge in [-0.3, -0.25) is 4.79 Å². The number of aliphatic hydroxyl groups is 4. The molecule has 3 saturated carbocycles. The number of hydrogen-bond donors (Lipinski definition) is 4. The molecule has 154 valence electrons. The number of hydrogen-bond acceptors (Lipinski definition) is 5. The predicted molar refractivity (Wildman–Crippen MR) is 101 cm³/mol. The first-order chi connectivity index (χ1) is 13.0. The number of fused-ring (bicyclic) bond motifs is 5. The van der Waals surface area contributed by atoms with E-state index in [0.29, 0.717) is 24.8 Å². The highest BCUT2D eigenvalue weighted by atomic mass is 19.1. The van der Waals surface area contributed by atoms with E-state index in [1.54, 1.807) is 13.0 Å². The van der Waals surface area contributed by atoms with Crippen molar-refractivity contribution in [2.75, 3.05) is 0 Å². The Labute approximate surface area is 164 Å². The van der Waals surface area contributed by atoms with Crippen LogP contribution < -0.4 is 0 Å². The Bertz CT molecular complexity index is 814. The van der Waals surface area contributed by atoms with Gasteiger partial charge >= 0.3 is 0 Å². The van der Waals surface area contributed by atoms with Gasteiger partial charge in [0.25, 0.3) is 0 Å². The second-order valence-electron chi connectivity index (χ2n) is 9.57. The molecule has 0 bridgehead atoms. The maximum atomic E-state index is 16.8. The molecule has 0 aromatic carbocycles. The number of rotatable bonds is 1. The number of aliphatic hydroxyl groups excluding tert-OH is 3. The summed E-state index contributed by atoms with van der Waals surface area (Å²) in [6, 6.07) is 0. The van der Waals surface area contributed by atoms with Crippen LogP contribution in [0.3, 0.4) is 0 Å². The third-order valence-electron chi connectivity index (χ3n) is 8.27. The van der Waals surface area contributed by atoms with Gasteiger partial charge in [0.2, 0.25) is 6.29 Å². The topological polar surface area (TPSA) is 98.0 Å². The van der Waals surface area contributed by atoms with Crippen LogP contribution in [0.15, 0.2) is 35.1 Å². The Balaban J connectivity index is 1.84. The number of carbonyl (C=O) groups is 1. The van der Waals surface area contributed by atoms with E-state index in [2.05, 4.69) is 0 Å². The summed E-state index contributed by atoms with van der Waals surface area (Å²) in [4.78, 5) is 11.8. The van der Waals surface area contributed by atoms with E-state index in [1.807, 2.05) is 13.8 Å². The summed E-state index contributed by atoms with van der Waals surface area (Å²) in [5.74, 6) is -1.35. The van der Waals surface area contributed by atoms with E-state index in [-0.39, 0.29) is 24.0 Å². The number of alkyl halides is 1. The summed E-state index contributed by atoms with van der Waals surface area (Å²) in [5.41, 5.74) is -2.41. The molecule has 0 radical (unpaired) electrons. The average molecular weight is 392 g/mol. The summed E-state index contributed by atoms with van der Waals surface area (Å²) < 4.78 is 16.8. The van der Waals surface area contributed by atoms with E-state index in [9.17, 15) is 25.2 Å². The first kappa shape index (κ1) is 19.8. The molecule has 4 aliphatic carbocycles. The number of allylic oxidation sites excluding steroid dienone is 5. The van der Waals surface area contributed by atoms with Gasteiger partial charge in [0.1, 0.15) is 5.76 Å². The maximum Gasteiger partial charge on any atom is 0.211 e. The van der Waals surface area contributed by atoms with Crippen LogP contribution in [-0.4, -0.2) is 44.3 Å². The Morgan fingerprint density at radius 2 is 1.96 bits per heavy atom. The largest absolute Gasteiger partial charge is 0.507 e. The number of halogens is 1. The molecule has 0 aliphatic heterocycles. The molecule has 5 nitrogen and oxygen atoms in total. The van der Waals surface area contributed by atoms with E-state index >= 15 is 4.39 Å². The third-order valence-corrected chi connectivity index (χ3v) is 8.27. The lowest BCUT2D eigenvalue weighted by Gasteiger charge is -2.61. The van der Waals surface area contributed by atoms with Crippen molar-refractivity contribution in [3.05, 3.63) is 35.1 Å². The van der Waals surface area contributed by atoms with Crippen molar-refractivity contribution < 1.29 is 29.6 Å². The van der Waals surface area contributed by atoms with Crippen LogP contribution in [-0.2, 0) is 4.79 Å². The highest BCUT2D eigenvalue weighted by Crippen LogP contribution is 2.69. The lowest BCUT2D eigenvalue weighted by Crippen LogP contribution is -2.66. The molecule has 7 atom stereocenters. The first-order valence-corrected chi connectivity index (χ1v) is 10.1. The van der Waals surface area contributed by atoms with Crippen molar-refractivity contribution in [1.82, 2.24) is 0 Å². The monoisotopic (exact) mass is 392 g/mol. The summed E-state index contributed by atoms with van der Waals surface area (Å²) in [6.07, 6.45) is 3.05. The molecule has 4 N–H and O–H groups in total. The predicted octanol–water partition coefficient (Wildman–Crippen LogP) is 2.73. The van der Waals surface area contributed by atoms with Gasteiger partial charge in [-0.05, 0) is 67.6 Å². The van der Waals surface area contributed by atoms with Crippen molar-refractivity contribution in [1.29, 1.82) is 0 Å². The van der Waals surface area contributed by atoms with Crippen molar-refractivity contribution in [2.45, 2.75) is 64.5 Å². The van der Waals surface area contributed by atoms with Crippen LogP contribution in [0.4, 0.5) is 4.39 Å². The van der Waals surface area contributed by atoms with Crippen LogP contribution in [0.5, 0.6) is 0 Å². The molecule has 28 heavy (non-hydrogen) atoms. The van der Waals surface area contributed by atoms with Crippen molar-refractivity contribution in [3.8, 4) is 0 Å². The first-order valence-electron chi connectivity index (χ1n) is 10.1. The Hall–Kier alpha value is -1.50. The fourth-order valence-corrected chi connectivity index (χ4v) is 7.05. The molecule has 0 heterocycles. The standard InChI is InChI=1S/C22H29FO5/c1-11-8-15-14-5-4-12-9-13(24)6-7-21(12,3)22(14,23)16(25)10-20(15,2)17(11)18(26)19(27)28/h6-7,9,11,14-16,19,25-28H,4-5,8,10H2,1-3H3/b18-17+/t11-,14-,15-,16-,20-,21-,22-/m0/s1. The molecular formula is C22H29FO5. The molecule has 0 aromatic heterocycles. The average Bonchev–Trinajstić information content (AvgIpc) is 2.86. The highest BCUT2D eigenvalue weighted by Gasteiger charge is 2.70. The SMILES string of the molecule is C[C@H]1C[C@H]2[C@@H]3CCC4=CC(=O)C=C[C@]4(C)[C@@]3(F)[C@@H](O)C[C@]2(C)/C1=C(/O)C(O)O. The lowest BCUT2D eigenvalue weighted by molar-refractivity contribution is -0.184. The second-order valence-corrected chi connectivity index (χ2v) is 9.57. The van der Waals surface area contributed by atoms with E-state index in [1.165, 1.54) is 12.2 Å². The molecular weight excluding hydrogens is 363 g/mol. The van der Waals surface area contributed by atoms with Crippen LogP contribution >= 0.6 is 0 Å². The molecule has 0 amide bonds. The van der Waals surface area contributed by atoms with E-state index < -0.39 is 40.6 Å². The molecule has 0 aromatic rings. The van der Waals surface area contributed by atoms with E-state index in [4.69, 9.17) is 0 Å². The maximum absolute atomic E-state index is 16.8. The van der Waals surface area contributed by atoms with Gasteiger partial charge in [-0.1, -0.05) is 25.5 Å². The highest BCUT2D eigenvalue weighted by molar-refractivity contribution is 6.01. The summed E-state index contributed by atoms with van der Waals surface area (Å²) >= 11 is 0.